The van der Waals surface area contributed by atoms with Gasteiger partial charge in [0.25, 0.3) is 0 Å². The summed E-state index contributed by atoms with van der Waals surface area (Å²) >= 11 is 0. The Balaban J connectivity index is 1.94. The number of nitrogens with one attached hydrogen (secondary N) is 1. The zero-order chi connectivity index (χ0) is 13.1. The van der Waals surface area contributed by atoms with Crippen molar-refractivity contribution in [3.8, 4) is 0 Å². The molecule has 1 aromatic rings. The van der Waals surface area contributed by atoms with Gasteiger partial charge < -0.3 is 5.32 Å². The Labute approximate surface area is 112 Å². The van der Waals surface area contributed by atoms with Gasteiger partial charge in [0.1, 0.15) is 0 Å². The highest BCUT2D eigenvalue weighted by molar-refractivity contribution is 5.26. The van der Waals surface area contributed by atoms with E-state index in [2.05, 4.69) is 57.3 Å². The van der Waals surface area contributed by atoms with E-state index in [4.69, 9.17) is 0 Å². The van der Waals surface area contributed by atoms with Crippen molar-refractivity contribution in [3.63, 3.8) is 0 Å². The van der Waals surface area contributed by atoms with Crippen molar-refractivity contribution in [3.05, 3.63) is 35.4 Å². The van der Waals surface area contributed by atoms with Gasteiger partial charge in [0.15, 0.2) is 0 Å². The first-order valence-corrected chi connectivity index (χ1v) is 7.42. The van der Waals surface area contributed by atoms with Crippen LogP contribution in [0.15, 0.2) is 24.3 Å². The maximum Gasteiger partial charge on any atom is 0.0294 e. The Kier molecular flexibility index (Phi) is 4.45. The van der Waals surface area contributed by atoms with Crippen LogP contribution in [0, 0.1) is 5.92 Å². The molecule has 0 aromatic heterocycles. The summed E-state index contributed by atoms with van der Waals surface area (Å²) in [6.07, 6.45) is 4.07. The van der Waals surface area contributed by atoms with Gasteiger partial charge in [0.2, 0.25) is 0 Å². The molecule has 0 amide bonds. The first kappa shape index (κ1) is 13.6. The highest BCUT2D eigenvalue weighted by Crippen LogP contribution is 2.27. The van der Waals surface area contributed by atoms with E-state index in [1.165, 1.54) is 30.4 Å². The standard InChI is InChI=1S/C17H27N/c1-12(2)15-6-8-16(9-7-15)14(4)18-17-10-5-13(3)11-17/h6-9,12-14,17-18H,5,10-11H2,1-4H3. The van der Waals surface area contributed by atoms with Crippen LogP contribution in [-0.2, 0) is 0 Å². The maximum atomic E-state index is 3.77. The monoisotopic (exact) mass is 245 g/mol. The summed E-state index contributed by atoms with van der Waals surface area (Å²) in [6, 6.07) is 10.3. The first-order valence-electron chi connectivity index (χ1n) is 7.42. The third-order valence-corrected chi connectivity index (χ3v) is 4.28. The fourth-order valence-electron chi connectivity index (χ4n) is 2.98. The van der Waals surface area contributed by atoms with Gasteiger partial charge in [-0.3, -0.25) is 0 Å². The van der Waals surface area contributed by atoms with Crippen molar-refractivity contribution in [2.75, 3.05) is 0 Å². The fraction of sp³-hybridized carbons (Fsp3) is 0.647. The Morgan fingerprint density at radius 1 is 1.00 bits per heavy atom. The molecule has 2 rings (SSSR count). The molecule has 1 aliphatic carbocycles. The van der Waals surface area contributed by atoms with Gasteiger partial charge in [-0.15, -0.1) is 0 Å². The summed E-state index contributed by atoms with van der Waals surface area (Å²) in [5.74, 6) is 1.52. The second-order valence-electron chi connectivity index (χ2n) is 6.32. The zero-order valence-corrected chi connectivity index (χ0v) is 12.2. The second-order valence-corrected chi connectivity index (χ2v) is 6.32. The van der Waals surface area contributed by atoms with E-state index in [9.17, 15) is 0 Å². The van der Waals surface area contributed by atoms with Crippen molar-refractivity contribution < 1.29 is 0 Å². The average molecular weight is 245 g/mol. The van der Waals surface area contributed by atoms with Crippen LogP contribution in [0.1, 0.15) is 70.0 Å². The lowest BCUT2D eigenvalue weighted by atomic mass is 9.99. The van der Waals surface area contributed by atoms with Gasteiger partial charge in [0.05, 0.1) is 0 Å². The van der Waals surface area contributed by atoms with E-state index in [-0.39, 0.29) is 0 Å². The Morgan fingerprint density at radius 2 is 1.61 bits per heavy atom. The van der Waals surface area contributed by atoms with Gasteiger partial charge in [-0.05, 0) is 49.1 Å². The first-order chi connectivity index (χ1) is 8.56. The molecule has 1 heteroatoms. The molecule has 1 nitrogen and oxygen atoms in total. The van der Waals surface area contributed by atoms with Gasteiger partial charge in [-0.1, -0.05) is 45.0 Å². The van der Waals surface area contributed by atoms with E-state index < -0.39 is 0 Å². The SMILES string of the molecule is CC1CCC(NC(C)c2ccc(C(C)C)cc2)C1. The predicted molar refractivity (Wildman–Crippen MR) is 78.9 cm³/mol. The molecule has 1 fully saturated rings. The molecule has 100 valence electrons. The Morgan fingerprint density at radius 3 is 2.11 bits per heavy atom. The fourth-order valence-corrected chi connectivity index (χ4v) is 2.98. The summed E-state index contributed by atoms with van der Waals surface area (Å²) in [7, 11) is 0. The summed E-state index contributed by atoms with van der Waals surface area (Å²) in [5.41, 5.74) is 2.85. The smallest absolute Gasteiger partial charge is 0.0294 e. The van der Waals surface area contributed by atoms with Crippen LogP contribution in [0.2, 0.25) is 0 Å². The average Bonchev–Trinajstić information content (AvgIpc) is 2.75. The molecule has 3 atom stereocenters. The summed E-state index contributed by atoms with van der Waals surface area (Å²) in [6.45, 7) is 9.14. The molecule has 1 saturated carbocycles. The highest BCUT2D eigenvalue weighted by Gasteiger charge is 2.22. The molecular weight excluding hydrogens is 218 g/mol. The predicted octanol–water partition coefficient (Wildman–Crippen LogP) is 4.65. The van der Waals surface area contributed by atoms with Gasteiger partial charge in [0, 0.05) is 12.1 Å². The Bertz CT molecular complexity index is 366. The summed E-state index contributed by atoms with van der Waals surface area (Å²) < 4.78 is 0. The number of benzene rings is 1. The third kappa shape index (κ3) is 3.35. The lowest BCUT2D eigenvalue weighted by molar-refractivity contribution is 0.449. The van der Waals surface area contributed by atoms with Crippen LogP contribution >= 0.6 is 0 Å². The van der Waals surface area contributed by atoms with Crippen molar-refractivity contribution in [1.82, 2.24) is 5.32 Å². The van der Waals surface area contributed by atoms with Crippen LogP contribution in [-0.4, -0.2) is 6.04 Å². The van der Waals surface area contributed by atoms with E-state index in [0.717, 1.165) is 12.0 Å². The van der Waals surface area contributed by atoms with Crippen molar-refractivity contribution >= 4 is 0 Å². The lowest BCUT2D eigenvalue weighted by Crippen LogP contribution is -2.29. The van der Waals surface area contributed by atoms with Crippen LogP contribution in [0.3, 0.4) is 0 Å². The number of rotatable bonds is 4. The highest BCUT2D eigenvalue weighted by atomic mass is 14.9. The molecule has 0 radical (unpaired) electrons. The van der Waals surface area contributed by atoms with E-state index in [1.807, 2.05) is 0 Å². The molecule has 3 unspecified atom stereocenters. The second kappa shape index (κ2) is 5.88. The quantitative estimate of drug-likeness (QED) is 0.814. The molecule has 0 aliphatic heterocycles. The molecule has 1 aromatic carbocycles. The summed E-state index contributed by atoms with van der Waals surface area (Å²) in [4.78, 5) is 0. The van der Waals surface area contributed by atoms with Crippen LogP contribution in [0.25, 0.3) is 0 Å². The van der Waals surface area contributed by atoms with Gasteiger partial charge in [-0.2, -0.15) is 0 Å². The topological polar surface area (TPSA) is 12.0 Å². The van der Waals surface area contributed by atoms with Crippen molar-refractivity contribution in [2.45, 2.75) is 65.0 Å². The maximum absolute atomic E-state index is 3.77. The minimum Gasteiger partial charge on any atom is -0.307 e. The minimum absolute atomic E-state index is 0.474. The molecule has 0 saturated heterocycles. The third-order valence-electron chi connectivity index (χ3n) is 4.28. The van der Waals surface area contributed by atoms with E-state index in [1.54, 1.807) is 0 Å². The van der Waals surface area contributed by atoms with E-state index in [0.29, 0.717) is 12.0 Å². The summed E-state index contributed by atoms with van der Waals surface area (Å²) in [5, 5.41) is 3.77. The minimum atomic E-state index is 0.474. The van der Waals surface area contributed by atoms with E-state index >= 15 is 0 Å². The largest absolute Gasteiger partial charge is 0.307 e. The normalized spacial score (nSPS) is 25.6. The number of hydrogen-bond donors (Lipinski definition) is 1. The van der Waals surface area contributed by atoms with Crippen LogP contribution < -0.4 is 5.32 Å². The van der Waals surface area contributed by atoms with Gasteiger partial charge in [-0.25, -0.2) is 0 Å². The van der Waals surface area contributed by atoms with Gasteiger partial charge >= 0.3 is 0 Å². The number of hydrogen-bond acceptors (Lipinski definition) is 1. The van der Waals surface area contributed by atoms with Crippen LogP contribution in [0.4, 0.5) is 0 Å². The molecular formula is C17H27N. The molecule has 1 N–H and O–H groups in total. The molecule has 1 aliphatic rings. The molecule has 0 spiro atoms. The molecule has 0 bridgehead atoms. The zero-order valence-electron chi connectivity index (χ0n) is 12.2. The Hall–Kier alpha value is -0.820. The van der Waals surface area contributed by atoms with Crippen molar-refractivity contribution in [1.29, 1.82) is 0 Å². The molecule has 0 heterocycles. The molecule has 18 heavy (non-hydrogen) atoms. The lowest BCUT2D eigenvalue weighted by Gasteiger charge is -2.20. The van der Waals surface area contributed by atoms with Crippen LogP contribution in [0.5, 0.6) is 0 Å². The van der Waals surface area contributed by atoms with Crippen molar-refractivity contribution in [2.24, 2.45) is 5.92 Å².